The van der Waals surface area contributed by atoms with Gasteiger partial charge in [-0.15, -0.1) is 0 Å². The SMILES string of the molecule is O=C(c1ccc(F)c(F)c1)N(CC1=CC(Cc2ccccc2)(NC(O)C(Cl)(Cl)Cl)C1)c1cccc(OCCN2CCOCC2)c1. The van der Waals surface area contributed by atoms with E-state index in [0.29, 0.717) is 44.1 Å². The van der Waals surface area contributed by atoms with Gasteiger partial charge < -0.3 is 19.5 Å². The lowest BCUT2D eigenvalue weighted by Crippen LogP contribution is -2.59. The Balaban J connectivity index is 1.39. The molecule has 240 valence electrons. The lowest BCUT2D eigenvalue weighted by atomic mass is 9.74. The highest BCUT2D eigenvalue weighted by Gasteiger charge is 2.43. The van der Waals surface area contributed by atoms with Crippen LogP contribution in [0.1, 0.15) is 22.3 Å². The average Bonchev–Trinajstić information content (AvgIpc) is 3.00. The maximum absolute atomic E-state index is 14.2. The number of aliphatic hydroxyl groups is 1. The summed E-state index contributed by atoms with van der Waals surface area (Å²) in [7, 11) is 0. The van der Waals surface area contributed by atoms with Crippen LogP contribution in [-0.2, 0) is 11.2 Å². The van der Waals surface area contributed by atoms with E-state index in [0.717, 1.165) is 42.9 Å². The third-order valence-corrected chi connectivity index (χ3v) is 8.42. The number of nitrogens with zero attached hydrogens (tertiary/aromatic N) is 2. The Hall–Kier alpha value is -2.76. The van der Waals surface area contributed by atoms with Gasteiger partial charge in [0.05, 0.1) is 13.2 Å². The normalized spacial score (nSPS) is 19.4. The number of hydrogen-bond acceptors (Lipinski definition) is 6. The van der Waals surface area contributed by atoms with Crippen molar-refractivity contribution in [3.8, 4) is 5.75 Å². The first-order chi connectivity index (χ1) is 21.5. The molecule has 1 fully saturated rings. The van der Waals surface area contributed by atoms with Gasteiger partial charge in [0.2, 0.25) is 3.79 Å². The van der Waals surface area contributed by atoms with Gasteiger partial charge >= 0.3 is 0 Å². The van der Waals surface area contributed by atoms with Crippen LogP contribution in [-0.4, -0.2) is 77.5 Å². The van der Waals surface area contributed by atoms with Gasteiger partial charge in [-0.05, 0) is 48.7 Å². The molecule has 2 atom stereocenters. The van der Waals surface area contributed by atoms with Crippen molar-refractivity contribution in [1.29, 1.82) is 0 Å². The molecule has 1 amide bonds. The molecule has 7 nitrogen and oxygen atoms in total. The van der Waals surface area contributed by atoms with Crippen LogP contribution in [0.15, 0.2) is 84.4 Å². The van der Waals surface area contributed by atoms with Crippen LogP contribution in [0.3, 0.4) is 0 Å². The van der Waals surface area contributed by atoms with Crippen molar-refractivity contribution in [2.24, 2.45) is 0 Å². The number of nitrogens with one attached hydrogen (secondary N) is 1. The summed E-state index contributed by atoms with van der Waals surface area (Å²) in [6, 6.07) is 19.8. The summed E-state index contributed by atoms with van der Waals surface area (Å²) in [5.74, 6) is -2.11. The predicted octanol–water partition coefficient (Wildman–Crippen LogP) is 5.91. The van der Waals surface area contributed by atoms with Crippen LogP contribution < -0.4 is 15.0 Å². The zero-order chi connectivity index (χ0) is 32.0. The lowest BCUT2D eigenvalue weighted by Gasteiger charge is -2.44. The molecule has 0 aromatic heterocycles. The molecule has 0 saturated carbocycles. The molecular formula is C33H34Cl3F2N3O4. The number of morpholine rings is 1. The van der Waals surface area contributed by atoms with E-state index in [4.69, 9.17) is 44.3 Å². The summed E-state index contributed by atoms with van der Waals surface area (Å²) in [5.41, 5.74) is 1.59. The van der Waals surface area contributed by atoms with E-state index in [-0.39, 0.29) is 12.1 Å². The van der Waals surface area contributed by atoms with Gasteiger partial charge in [0.1, 0.15) is 12.4 Å². The molecule has 1 aliphatic carbocycles. The molecule has 12 heteroatoms. The van der Waals surface area contributed by atoms with E-state index in [1.165, 1.54) is 11.0 Å². The zero-order valence-electron chi connectivity index (χ0n) is 24.4. The summed E-state index contributed by atoms with van der Waals surface area (Å²) in [6.45, 7) is 4.38. The first-order valence-corrected chi connectivity index (χ1v) is 15.7. The van der Waals surface area contributed by atoms with Gasteiger partial charge in [-0.2, -0.15) is 0 Å². The van der Waals surface area contributed by atoms with Crippen LogP contribution in [0.2, 0.25) is 0 Å². The van der Waals surface area contributed by atoms with E-state index in [2.05, 4.69) is 10.2 Å². The van der Waals surface area contributed by atoms with Crippen molar-refractivity contribution < 1.29 is 28.2 Å². The molecule has 1 heterocycles. The Labute approximate surface area is 276 Å². The molecule has 3 aromatic rings. The van der Waals surface area contributed by atoms with Crippen LogP contribution in [0, 0.1) is 11.6 Å². The highest BCUT2D eigenvalue weighted by Crippen LogP contribution is 2.39. The number of anilines is 1. The number of alkyl halides is 3. The molecule has 1 aliphatic heterocycles. The Bertz CT molecular complexity index is 1500. The number of ether oxygens (including phenoxy) is 2. The highest BCUT2D eigenvalue weighted by atomic mass is 35.6. The number of carbonyl (C=O) groups excluding carboxylic acids is 1. The van der Waals surface area contributed by atoms with Crippen molar-refractivity contribution in [2.75, 3.05) is 50.9 Å². The van der Waals surface area contributed by atoms with Crippen molar-refractivity contribution in [3.63, 3.8) is 0 Å². The monoisotopic (exact) mass is 679 g/mol. The molecule has 2 N–H and O–H groups in total. The summed E-state index contributed by atoms with van der Waals surface area (Å²) < 4.78 is 37.4. The number of carbonyl (C=O) groups is 1. The minimum Gasteiger partial charge on any atom is -0.492 e. The topological polar surface area (TPSA) is 74.3 Å². The molecule has 0 spiro atoms. The summed E-state index contributed by atoms with van der Waals surface area (Å²) >= 11 is 17.9. The second-order valence-electron chi connectivity index (χ2n) is 11.2. The van der Waals surface area contributed by atoms with Crippen molar-refractivity contribution in [2.45, 2.75) is 28.4 Å². The third kappa shape index (κ3) is 8.95. The summed E-state index contributed by atoms with van der Waals surface area (Å²) in [5, 5.41) is 13.6. The first kappa shape index (κ1) is 33.6. The Kier molecular flexibility index (Phi) is 11.0. The molecule has 2 unspecified atom stereocenters. The minimum atomic E-state index is -1.97. The molecule has 0 radical (unpaired) electrons. The molecule has 5 rings (SSSR count). The number of amides is 1. The summed E-state index contributed by atoms with van der Waals surface area (Å²) in [6.07, 6.45) is 1.35. The van der Waals surface area contributed by atoms with E-state index in [9.17, 15) is 18.7 Å². The molecule has 1 saturated heterocycles. The van der Waals surface area contributed by atoms with E-state index in [1.54, 1.807) is 24.3 Å². The average molecular weight is 681 g/mol. The largest absolute Gasteiger partial charge is 0.492 e. The van der Waals surface area contributed by atoms with Crippen LogP contribution >= 0.6 is 34.8 Å². The Morgan fingerprint density at radius 2 is 1.78 bits per heavy atom. The first-order valence-electron chi connectivity index (χ1n) is 14.6. The van der Waals surface area contributed by atoms with Crippen molar-refractivity contribution >= 4 is 46.4 Å². The fourth-order valence-corrected chi connectivity index (χ4v) is 5.73. The van der Waals surface area contributed by atoms with E-state index < -0.39 is 33.1 Å². The van der Waals surface area contributed by atoms with Crippen molar-refractivity contribution in [3.05, 3.63) is 107 Å². The summed E-state index contributed by atoms with van der Waals surface area (Å²) in [4.78, 5) is 17.6. The fraction of sp³-hybridized carbons (Fsp3) is 0.364. The standard InChI is InChI=1S/C33H34Cl3F2N3O4/c34-33(35,36)31(43)39-32(19-23-5-2-1-3-6-23)20-24(21-32)22-41(30(42)25-9-10-28(37)29(38)17-25)26-7-4-8-27(18-26)45-16-13-40-11-14-44-15-12-40/h1-10,17-18,20,31,39,43H,11-16,19,21-22H2. The molecule has 2 aliphatic rings. The molecular weight excluding hydrogens is 647 g/mol. The lowest BCUT2D eigenvalue weighted by molar-refractivity contribution is 0.0322. The predicted molar refractivity (Wildman–Crippen MR) is 172 cm³/mol. The minimum absolute atomic E-state index is 0.00670. The van der Waals surface area contributed by atoms with Gasteiger partial charge in [0.25, 0.3) is 5.91 Å². The maximum atomic E-state index is 14.2. The molecule has 3 aromatic carbocycles. The van der Waals surface area contributed by atoms with Gasteiger partial charge in [-0.3, -0.25) is 15.0 Å². The number of halogens is 5. The number of hydrogen-bond donors (Lipinski definition) is 2. The highest BCUT2D eigenvalue weighted by molar-refractivity contribution is 6.68. The number of benzene rings is 3. The van der Waals surface area contributed by atoms with Crippen LogP contribution in [0.5, 0.6) is 5.75 Å². The Morgan fingerprint density at radius 3 is 2.47 bits per heavy atom. The van der Waals surface area contributed by atoms with Crippen LogP contribution in [0.25, 0.3) is 0 Å². The van der Waals surface area contributed by atoms with Gasteiger partial charge in [0, 0.05) is 49.0 Å². The fourth-order valence-electron chi connectivity index (χ4n) is 5.57. The number of rotatable bonds is 12. The van der Waals surface area contributed by atoms with Crippen molar-refractivity contribution in [1.82, 2.24) is 10.2 Å². The maximum Gasteiger partial charge on any atom is 0.258 e. The van der Waals surface area contributed by atoms with Crippen LogP contribution in [0.4, 0.5) is 14.5 Å². The smallest absolute Gasteiger partial charge is 0.258 e. The number of aliphatic hydroxyl groups excluding tert-OH is 1. The quantitative estimate of drug-likeness (QED) is 0.141. The molecule has 0 bridgehead atoms. The van der Waals surface area contributed by atoms with E-state index >= 15 is 0 Å². The zero-order valence-corrected chi connectivity index (χ0v) is 26.7. The second kappa shape index (κ2) is 14.8. The molecule has 45 heavy (non-hydrogen) atoms. The van der Waals surface area contributed by atoms with Gasteiger partial charge in [-0.1, -0.05) is 82.9 Å². The van der Waals surface area contributed by atoms with Gasteiger partial charge in [-0.25, -0.2) is 8.78 Å². The van der Waals surface area contributed by atoms with E-state index in [1.807, 2.05) is 36.4 Å². The van der Waals surface area contributed by atoms with Gasteiger partial charge in [0.15, 0.2) is 17.9 Å². The second-order valence-corrected chi connectivity index (χ2v) is 13.6. The third-order valence-electron chi connectivity index (χ3n) is 7.80. The Morgan fingerprint density at radius 1 is 1.04 bits per heavy atom.